The van der Waals surface area contributed by atoms with E-state index < -0.39 is 6.10 Å². The number of carbonyl (C=O) groups excluding carboxylic acids is 1. The summed E-state index contributed by atoms with van der Waals surface area (Å²) < 4.78 is 13.2. The Morgan fingerprint density at radius 2 is 1.91 bits per heavy atom. The Labute approximate surface area is 188 Å². The molecule has 3 aromatic rings. The summed E-state index contributed by atoms with van der Waals surface area (Å²) in [6.45, 7) is 7.27. The predicted molar refractivity (Wildman–Crippen MR) is 125 cm³/mol. The highest BCUT2D eigenvalue weighted by molar-refractivity contribution is 6.07. The van der Waals surface area contributed by atoms with Crippen molar-refractivity contribution in [3.8, 4) is 11.4 Å². The second-order valence-electron chi connectivity index (χ2n) is 7.78. The van der Waals surface area contributed by atoms with Crippen LogP contribution in [0.2, 0.25) is 0 Å². The molecule has 0 saturated carbocycles. The fourth-order valence-electron chi connectivity index (χ4n) is 3.70. The van der Waals surface area contributed by atoms with Gasteiger partial charge in [0.1, 0.15) is 18.5 Å². The fraction of sp³-hybridized carbons (Fsp3) is 0.400. The molecule has 0 aliphatic rings. The largest absolute Gasteiger partial charge is 0.491 e. The smallest absolute Gasteiger partial charge is 0.340 e. The van der Waals surface area contributed by atoms with Gasteiger partial charge in [0.25, 0.3) is 0 Å². The number of rotatable bonds is 11. The first-order valence-corrected chi connectivity index (χ1v) is 11.0. The minimum Gasteiger partial charge on any atom is -0.491 e. The Hall–Kier alpha value is -2.87. The number of fused-ring (bicyclic) bond motifs is 1. The zero-order chi connectivity index (χ0) is 23.1. The van der Waals surface area contributed by atoms with Gasteiger partial charge in [0.2, 0.25) is 0 Å². The number of benzene rings is 2. The lowest BCUT2D eigenvalue weighted by atomic mass is 10.1. The van der Waals surface area contributed by atoms with Crippen LogP contribution in [0.25, 0.3) is 16.6 Å². The Balaban J connectivity index is 1.90. The van der Waals surface area contributed by atoms with Gasteiger partial charge >= 0.3 is 5.97 Å². The molecule has 0 aliphatic heterocycles. The van der Waals surface area contributed by atoms with Gasteiger partial charge in [-0.2, -0.15) is 0 Å². The topological polar surface area (TPSA) is 93.0 Å². The quantitative estimate of drug-likeness (QED) is 0.313. The zero-order valence-corrected chi connectivity index (χ0v) is 18.9. The van der Waals surface area contributed by atoms with E-state index in [-0.39, 0.29) is 19.2 Å². The first-order valence-electron chi connectivity index (χ1n) is 11.0. The molecule has 1 heterocycles. The molecule has 1 atom stereocenters. The van der Waals surface area contributed by atoms with Gasteiger partial charge < -0.3 is 29.6 Å². The first kappa shape index (κ1) is 23.8. The number of aryl methyl sites for hydroxylation is 1. The second-order valence-corrected chi connectivity index (χ2v) is 7.78. The molecule has 0 fully saturated rings. The molecule has 0 spiro atoms. The molecular weight excluding hydrogens is 408 g/mol. The molecule has 0 radical (unpaired) electrons. The van der Waals surface area contributed by atoms with E-state index in [4.69, 9.17) is 14.6 Å². The number of esters is 1. The van der Waals surface area contributed by atoms with Gasteiger partial charge in [-0.1, -0.05) is 17.7 Å². The molecule has 0 saturated heterocycles. The van der Waals surface area contributed by atoms with Crippen molar-refractivity contribution in [3.05, 3.63) is 59.3 Å². The molecule has 1 aromatic heterocycles. The van der Waals surface area contributed by atoms with Crippen molar-refractivity contribution in [1.82, 2.24) is 9.88 Å². The van der Waals surface area contributed by atoms with E-state index in [0.29, 0.717) is 37.4 Å². The summed E-state index contributed by atoms with van der Waals surface area (Å²) in [5, 5.41) is 22.7. The van der Waals surface area contributed by atoms with Crippen LogP contribution in [0.3, 0.4) is 0 Å². The molecular formula is C25H32N2O5. The van der Waals surface area contributed by atoms with E-state index in [2.05, 4.69) is 5.32 Å². The number of aliphatic hydroxyl groups is 2. The van der Waals surface area contributed by atoms with Gasteiger partial charge in [-0.15, -0.1) is 0 Å². The summed E-state index contributed by atoms with van der Waals surface area (Å²) in [5.41, 5.74) is 4.32. The number of aromatic nitrogens is 1. The lowest BCUT2D eigenvalue weighted by Crippen LogP contribution is -2.32. The third-order valence-corrected chi connectivity index (χ3v) is 5.28. The third-order valence-electron chi connectivity index (χ3n) is 5.28. The van der Waals surface area contributed by atoms with Gasteiger partial charge in [0.05, 0.1) is 17.7 Å². The molecule has 3 N–H and O–H groups in total. The van der Waals surface area contributed by atoms with Crippen molar-refractivity contribution in [3.63, 3.8) is 0 Å². The lowest BCUT2D eigenvalue weighted by Gasteiger charge is -2.13. The maximum Gasteiger partial charge on any atom is 0.340 e. The minimum atomic E-state index is -0.687. The first-order chi connectivity index (χ1) is 15.5. The van der Waals surface area contributed by atoms with Crippen LogP contribution < -0.4 is 10.1 Å². The fourth-order valence-corrected chi connectivity index (χ4v) is 3.70. The molecule has 32 heavy (non-hydrogen) atoms. The van der Waals surface area contributed by atoms with Gasteiger partial charge in [0.15, 0.2) is 0 Å². The van der Waals surface area contributed by atoms with Crippen LogP contribution in [0.5, 0.6) is 5.75 Å². The number of nitrogens with one attached hydrogen (secondary N) is 1. The highest BCUT2D eigenvalue weighted by atomic mass is 16.5. The van der Waals surface area contributed by atoms with E-state index in [9.17, 15) is 9.90 Å². The van der Waals surface area contributed by atoms with Gasteiger partial charge in [0, 0.05) is 29.9 Å². The maximum atomic E-state index is 12.8. The van der Waals surface area contributed by atoms with E-state index >= 15 is 0 Å². The average molecular weight is 441 g/mol. The number of aliphatic hydroxyl groups excluding tert-OH is 2. The van der Waals surface area contributed by atoms with Crippen LogP contribution in [-0.4, -0.2) is 59.8 Å². The number of hydrogen-bond acceptors (Lipinski definition) is 6. The molecule has 0 amide bonds. The summed E-state index contributed by atoms with van der Waals surface area (Å²) in [6.07, 6.45) is -0.0501. The minimum absolute atomic E-state index is 0.115. The van der Waals surface area contributed by atoms with Crippen molar-refractivity contribution in [2.75, 3.05) is 32.9 Å². The molecule has 0 aliphatic carbocycles. The molecule has 0 bridgehead atoms. The lowest BCUT2D eigenvalue weighted by molar-refractivity contribution is 0.0527. The molecule has 0 unspecified atom stereocenters. The maximum absolute atomic E-state index is 12.8. The summed E-state index contributed by atoms with van der Waals surface area (Å²) in [6, 6.07) is 13.7. The number of hydrogen-bond donors (Lipinski definition) is 3. The molecule has 3 rings (SSSR count). The monoisotopic (exact) mass is 440 g/mol. The zero-order valence-electron chi connectivity index (χ0n) is 18.9. The van der Waals surface area contributed by atoms with Crippen LogP contribution in [0.4, 0.5) is 0 Å². The predicted octanol–water partition coefficient (Wildman–Crippen LogP) is 3.14. The number of carbonyl (C=O) groups is 1. The Bertz CT molecular complexity index is 1040. The van der Waals surface area contributed by atoms with Crippen LogP contribution in [-0.2, 0) is 4.74 Å². The van der Waals surface area contributed by atoms with E-state index in [0.717, 1.165) is 27.8 Å². The summed E-state index contributed by atoms with van der Waals surface area (Å²) in [5.74, 6) is 0.199. The van der Waals surface area contributed by atoms with Crippen LogP contribution in [0.15, 0.2) is 42.5 Å². The number of ether oxygens (including phenoxy) is 2. The van der Waals surface area contributed by atoms with Crippen molar-refractivity contribution in [2.45, 2.75) is 33.3 Å². The summed E-state index contributed by atoms with van der Waals surface area (Å²) >= 11 is 0. The van der Waals surface area contributed by atoms with Gasteiger partial charge in [-0.25, -0.2) is 4.79 Å². The average Bonchev–Trinajstić information content (AvgIpc) is 3.07. The van der Waals surface area contributed by atoms with Crippen molar-refractivity contribution >= 4 is 16.9 Å². The molecule has 2 aromatic carbocycles. The van der Waals surface area contributed by atoms with E-state index in [1.54, 1.807) is 6.92 Å². The van der Waals surface area contributed by atoms with Gasteiger partial charge in [-0.3, -0.25) is 0 Å². The molecule has 172 valence electrons. The van der Waals surface area contributed by atoms with E-state index in [1.165, 1.54) is 0 Å². The Morgan fingerprint density at radius 3 is 2.59 bits per heavy atom. The second kappa shape index (κ2) is 11.1. The van der Waals surface area contributed by atoms with E-state index in [1.807, 2.05) is 60.9 Å². The van der Waals surface area contributed by atoms with Crippen LogP contribution >= 0.6 is 0 Å². The van der Waals surface area contributed by atoms with Crippen molar-refractivity contribution < 1.29 is 24.5 Å². The van der Waals surface area contributed by atoms with Crippen molar-refractivity contribution in [1.29, 1.82) is 0 Å². The van der Waals surface area contributed by atoms with Crippen molar-refractivity contribution in [2.24, 2.45) is 0 Å². The summed E-state index contributed by atoms with van der Waals surface area (Å²) in [7, 11) is 0. The third kappa shape index (κ3) is 5.48. The summed E-state index contributed by atoms with van der Waals surface area (Å²) in [4.78, 5) is 12.8. The SMILES string of the molecule is CCOC(=O)c1c(C)n(-c2ccc(C)cc2)c2ccc(OC[C@@H](O)CNCCCO)cc12. The molecule has 7 heteroatoms. The van der Waals surface area contributed by atoms with Crippen LogP contribution in [0, 0.1) is 13.8 Å². The number of nitrogens with zero attached hydrogens (tertiary/aromatic N) is 1. The normalized spacial score (nSPS) is 12.2. The Kier molecular flexibility index (Phi) is 8.27. The Morgan fingerprint density at radius 1 is 1.16 bits per heavy atom. The standard InChI is InChI=1S/C25H32N2O5/c1-4-31-25(30)24-18(3)27(19-8-6-17(2)7-9-19)23-11-10-21(14-22(23)24)32-16-20(29)15-26-12-5-13-28/h6-11,14,20,26,28-29H,4-5,12-13,15-16H2,1-3H3/t20-/m0/s1. The van der Waals surface area contributed by atoms with Gasteiger partial charge in [-0.05, 0) is 64.1 Å². The highest BCUT2D eigenvalue weighted by Gasteiger charge is 2.22. The molecule has 7 nitrogen and oxygen atoms in total. The van der Waals surface area contributed by atoms with Crippen LogP contribution in [0.1, 0.15) is 35.0 Å². The highest BCUT2D eigenvalue weighted by Crippen LogP contribution is 2.32.